The smallest absolute Gasteiger partial charge is 0.278 e. The van der Waals surface area contributed by atoms with Gasteiger partial charge in [-0.15, -0.1) is 0 Å². The highest BCUT2D eigenvalue weighted by molar-refractivity contribution is 5.53. The summed E-state index contributed by atoms with van der Waals surface area (Å²) in [5.41, 5.74) is 0.106. The maximum atomic E-state index is 14.2. The van der Waals surface area contributed by atoms with Gasteiger partial charge in [-0.05, 0) is 36.8 Å². The third kappa shape index (κ3) is 2.11. The standard InChI is InChI=1S/C15H20F2N2/c1-10(2)11-5-7-19-12(8-11)9-15(16,17)13-4-3-6-18-14(13)19/h3-4,6,10-12H,5,7-9H2,1-2H3. The number of hydrogen-bond donors (Lipinski definition) is 0. The van der Waals surface area contributed by atoms with Gasteiger partial charge in [-0.3, -0.25) is 0 Å². The minimum absolute atomic E-state index is 0.0569. The second-order valence-corrected chi connectivity index (χ2v) is 6.16. The highest BCUT2D eigenvalue weighted by Crippen LogP contribution is 2.47. The summed E-state index contributed by atoms with van der Waals surface area (Å²) < 4.78 is 28.5. The lowest BCUT2D eigenvalue weighted by molar-refractivity contribution is -0.0315. The van der Waals surface area contributed by atoms with Crippen molar-refractivity contribution in [3.8, 4) is 0 Å². The molecule has 0 radical (unpaired) electrons. The number of halogens is 2. The summed E-state index contributed by atoms with van der Waals surface area (Å²) in [6.45, 7) is 5.23. The summed E-state index contributed by atoms with van der Waals surface area (Å²) in [6, 6.07) is 3.07. The Hall–Kier alpha value is -1.19. The number of anilines is 1. The third-order valence-corrected chi connectivity index (χ3v) is 4.64. The number of aromatic nitrogens is 1. The molecule has 1 fully saturated rings. The molecule has 1 aromatic heterocycles. The number of alkyl halides is 2. The highest BCUT2D eigenvalue weighted by Gasteiger charge is 2.47. The molecule has 0 amide bonds. The minimum atomic E-state index is -2.73. The molecule has 104 valence electrons. The largest absolute Gasteiger partial charge is 0.353 e. The Morgan fingerprint density at radius 3 is 2.95 bits per heavy atom. The fraction of sp³-hybridized carbons (Fsp3) is 0.667. The van der Waals surface area contributed by atoms with Gasteiger partial charge in [-0.1, -0.05) is 13.8 Å². The van der Waals surface area contributed by atoms with Crippen molar-refractivity contribution in [3.05, 3.63) is 23.9 Å². The van der Waals surface area contributed by atoms with Crippen LogP contribution in [-0.4, -0.2) is 17.6 Å². The Balaban J connectivity index is 1.94. The summed E-state index contributed by atoms with van der Waals surface area (Å²) >= 11 is 0. The average Bonchev–Trinajstić information content (AvgIpc) is 2.37. The summed E-state index contributed by atoms with van der Waals surface area (Å²) in [5, 5.41) is 0. The lowest BCUT2D eigenvalue weighted by Crippen LogP contribution is -2.50. The summed E-state index contributed by atoms with van der Waals surface area (Å²) in [7, 11) is 0. The lowest BCUT2D eigenvalue weighted by atomic mass is 9.79. The minimum Gasteiger partial charge on any atom is -0.353 e. The zero-order valence-corrected chi connectivity index (χ0v) is 11.4. The molecular formula is C15H20F2N2. The zero-order valence-electron chi connectivity index (χ0n) is 11.4. The Labute approximate surface area is 112 Å². The second kappa shape index (κ2) is 4.43. The molecule has 0 aromatic carbocycles. The van der Waals surface area contributed by atoms with Crippen LogP contribution < -0.4 is 4.90 Å². The molecule has 19 heavy (non-hydrogen) atoms. The molecule has 1 aromatic rings. The first-order valence-electron chi connectivity index (χ1n) is 7.09. The molecule has 0 bridgehead atoms. The molecule has 4 heteroatoms. The molecule has 0 spiro atoms. The van der Waals surface area contributed by atoms with Gasteiger partial charge < -0.3 is 4.90 Å². The van der Waals surface area contributed by atoms with Crippen LogP contribution in [0.25, 0.3) is 0 Å². The number of pyridine rings is 1. The van der Waals surface area contributed by atoms with Crippen molar-refractivity contribution >= 4 is 5.82 Å². The average molecular weight is 266 g/mol. The van der Waals surface area contributed by atoms with E-state index in [1.165, 1.54) is 6.07 Å². The summed E-state index contributed by atoms with van der Waals surface area (Å²) in [6.07, 6.45) is 3.50. The van der Waals surface area contributed by atoms with Crippen molar-refractivity contribution in [2.45, 2.75) is 45.1 Å². The van der Waals surface area contributed by atoms with E-state index < -0.39 is 5.92 Å². The van der Waals surface area contributed by atoms with Crippen LogP contribution in [0.5, 0.6) is 0 Å². The number of rotatable bonds is 1. The summed E-state index contributed by atoms with van der Waals surface area (Å²) in [5.74, 6) is -1.10. The topological polar surface area (TPSA) is 16.1 Å². The van der Waals surface area contributed by atoms with Gasteiger partial charge in [0.25, 0.3) is 5.92 Å². The molecule has 3 rings (SSSR count). The predicted octanol–water partition coefficient (Wildman–Crippen LogP) is 3.82. The number of hydrogen-bond acceptors (Lipinski definition) is 2. The van der Waals surface area contributed by atoms with E-state index in [4.69, 9.17) is 0 Å². The van der Waals surface area contributed by atoms with Crippen LogP contribution in [0.4, 0.5) is 14.6 Å². The maximum Gasteiger partial charge on any atom is 0.278 e. The Kier molecular flexibility index (Phi) is 2.99. The van der Waals surface area contributed by atoms with Crippen molar-refractivity contribution < 1.29 is 8.78 Å². The highest BCUT2D eigenvalue weighted by atomic mass is 19.3. The van der Waals surface area contributed by atoms with Crippen molar-refractivity contribution in [1.29, 1.82) is 0 Å². The van der Waals surface area contributed by atoms with Gasteiger partial charge in [-0.2, -0.15) is 0 Å². The van der Waals surface area contributed by atoms with Gasteiger partial charge in [0.05, 0.1) is 5.56 Å². The molecule has 2 aliphatic heterocycles. The molecule has 0 N–H and O–H groups in total. The zero-order chi connectivity index (χ0) is 13.6. The summed E-state index contributed by atoms with van der Waals surface area (Å²) in [4.78, 5) is 6.32. The van der Waals surface area contributed by atoms with E-state index in [-0.39, 0.29) is 18.0 Å². The molecule has 0 aliphatic carbocycles. The second-order valence-electron chi connectivity index (χ2n) is 6.16. The predicted molar refractivity (Wildman–Crippen MR) is 71.4 cm³/mol. The lowest BCUT2D eigenvalue weighted by Gasteiger charge is -2.46. The first-order valence-corrected chi connectivity index (χ1v) is 7.09. The monoisotopic (exact) mass is 266 g/mol. The fourth-order valence-corrected chi connectivity index (χ4v) is 3.48. The Bertz CT molecular complexity index is 473. The molecule has 2 nitrogen and oxygen atoms in total. The van der Waals surface area contributed by atoms with Gasteiger partial charge in [0.15, 0.2) is 0 Å². The number of piperidine rings is 1. The molecular weight excluding hydrogens is 246 g/mol. The van der Waals surface area contributed by atoms with Gasteiger partial charge in [0, 0.05) is 25.2 Å². The van der Waals surface area contributed by atoms with Crippen LogP contribution in [0.3, 0.4) is 0 Å². The Morgan fingerprint density at radius 1 is 1.42 bits per heavy atom. The normalized spacial score (nSPS) is 29.0. The molecule has 3 heterocycles. The molecule has 2 unspecified atom stereocenters. The maximum absolute atomic E-state index is 14.2. The van der Waals surface area contributed by atoms with Crippen molar-refractivity contribution in [1.82, 2.24) is 4.98 Å². The van der Waals surface area contributed by atoms with Crippen LogP contribution in [0.2, 0.25) is 0 Å². The van der Waals surface area contributed by atoms with Gasteiger partial charge in [-0.25, -0.2) is 13.8 Å². The SMILES string of the molecule is CC(C)C1CCN2c3ncccc3C(F)(F)CC2C1. The Morgan fingerprint density at radius 2 is 2.21 bits per heavy atom. The van der Waals surface area contributed by atoms with Crippen molar-refractivity contribution in [2.75, 3.05) is 11.4 Å². The van der Waals surface area contributed by atoms with E-state index >= 15 is 0 Å². The van der Waals surface area contributed by atoms with Crippen LogP contribution in [0.15, 0.2) is 18.3 Å². The number of nitrogens with zero attached hydrogens (tertiary/aromatic N) is 2. The van der Waals surface area contributed by atoms with Gasteiger partial charge in [0.1, 0.15) is 5.82 Å². The van der Waals surface area contributed by atoms with Gasteiger partial charge in [0.2, 0.25) is 0 Å². The molecule has 2 aliphatic rings. The fourth-order valence-electron chi connectivity index (χ4n) is 3.48. The first kappa shape index (κ1) is 12.8. The number of fused-ring (bicyclic) bond motifs is 3. The van der Waals surface area contributed by atoms with Crippen molar-refractivity contribution in [3.63, 3.8) is 0 Å². The first-order chi connectivity index (χ1) is 8.99. The molecule has 0 saturated carbocycles. The van der Waals surface area contributed by atoms with Crippen LogP contribution >= 0.6 is 0 Å². The van der Waals surface area contributed by atoms with E-state index in [1.807, 2.05) is 0 Å². The van der Waals surface area contributed by atoms with E-state index in [0.29, 0.717) is 17.7 Å². The van der Waals surface area contributed by atoms with Crippen LogP contribution in [0, 0.1) is 11.8 Å². The van der Waals surface area contributed by atoms with E-state index in [2.05, 4.69) is 23.7 Å². The van der Waals surface area contributed by atoms with Crippen molar-refractivity contribution in [2.24, 2.45) is 11.8 Å². The van der Waals surface area contributed by atoms with E-state index in [0.717, 1.165) is 19.4 Å². The third-order valence-electron chi connectivity index (χ3n) is 4.64. The van der Waals surface area contributed by atoms with Crippen LogP contribution in [0.1, 0.15) is 38.7 Å². The van der Waals surface area contributed by atoms with Gasteiger partial charge >= 0.3 is 0 Å². The molecule has 2 atom stereocenters. The van der Waals surface area contributed by atoms with E-state index in [1.54, 1.807) is 12.3 Å². The quantitative estimate of drug-likeness (QED) is 0.768. The van der Waals surface area contributed by atoms with E-state index in [9.17, 15) is 8.78 Å². The van der Waals surface area contributed by atoms with Crippen LogP contribution in [-0.2, 0) is 5.92 Å². The molecule has 1 saturated heterocycles.